The van der Waals surface area contributed by atoms with Gasteiger partial charge in [0.1, 0.15) is 12.4 Å². The van der Waals surface area contributed by atoms with Crippen molar-refractivity contribution < 1.29 is 9.50 Å². The third kappa shape index (κ3) is 2.53. The van der Waals surface area contributed by atoms with Crippen LogP contribution in [0, 0.1) is 0 Å². The zero-order chi connectivity index (χ0) is 14.8. The van der Waals surface area contributed by atoms with Gasteiger partial charge in [0.2, 0.25) is 5.88 Å². The first kappa shape index (κ1) is 13.0. The molecule has 0 aliphatic heterocycles. The number of rotatable bonds is 3. The molecule has 0 radical (unpaired) electrons. The fraction of sp³-hybridized carbons (Fsp3) is 0.167. The Balaban J connectivity index is 2.19. The minimum atomic E-state index is -0.552. The SMILES string of the molecule is O=c1[nH]c(O)c(/C=c2\cnn3ccc(=NCCF)nc23)[nH]1. The van der Waals surface area contributed by atoms with Gasteiger partial charge in [0.15, 0.2) is 11.1 Å². The number of hydrogen-bond acceptors (Lipinski definition) is 5. The van der Waals surface area contributed by atoms with E-state index in [1.54, 1.807) is 12.3 Å². The fourth-order valence-corrected chi connectivity index (χ4v) is 1.87. The summed E-state index contributed by atoms with van der Waals surface area (Å²) in [5, 5.41) is 14.2. The summed E-state index contributed by atoms with van der Waals surface area (Å²) in [6.07, 6.45) is 4.71. The van der Waals surface area contributed by atoms with Gasteiger partial charge in [-0.3, -0.25) is 9.98 Å². The van der Waals surface area contributed by atoms with E-state index in [2.05, 4.69) is 25.0 Å². The fourth-order valence-electron chi connectivity index (χ4n) is 1.87. The van der Waals surface area contributed by atoms with E-state index in [1.807, 2.05) is 0 Å². The Labute approximate surface area is 116 Å². The number of nitrogens with zero attached hydrogens (tertiary/aromatic N) is 4. The lowest BCUT2D eigenvalue weighted by molar-refractivity contribution is 0.454. The van der Waals surface area contributed by atoms with Crippen LogP contribution in [0.3, 0.4) is 0 Å². The molecule has 0 fully saturated rings. The van der Waals surface area contributed by atoms with Gasteiger partial charge in [0, 0.05) is 17.5 Å². The molecule has 9 heteroatoms. The molecule has 0 bridgehead atoms. The maximum absolute atomic E-state index is 12.1. The molecule has 0 atom stereocenters. The van der Waals surface area contributed by atoms with E-state index in [0.717, 1.165) is 0 Å². The smallest absolute Gasteiger partial charge is 0.326 e. The van der Waals surface area contributed by atoms with Crippen molar-refractivity contribution in [3.8, 4) is 5.88 Å². The molecule has 0 amide bonds. The highest BCUT2D eigenvalue weighted by Gasteiger charge is 2.04. The second kappa shape index (κ2) is 5.19. The molecule has 8 nitrogen and oxygen atoms in total. The molecule has 0 aliphatic carbocycles. The number of alkyl halides is 1. The molecular formula is C12H11FN6O2. The number of aromatic nitrogens is 5. The van der Waals surface area contributed by atoms with Crippen LogP contribution in [-0.2, 0) is 0 Å². The first-order valence-corrected chi connectivity index (χ1v) is 6.11. The molecule has 21 heavy (non-hydrogen) atoms. The normalized spacial score (nSPS) is 13.4. The van der Waals surface area contributed by atoms with Crippen molar-refractivity contribution in [2.24, 2.45) is 4.99 Å². The van der Waals surface area contributed by atoms with Crippen LogP contribution in [0.25, 0.3) is 11.7 Å². The van der Waals surface area contributed by atoms with Gasteiger partial charge < -0.3 is 10.1 Å². The second-order valence-corrected chi connectivity index (χ2v) is 4.21. The van der Waals surface area contributed by atoms with E-state index in [9.17, 15) is 14.3 Å². The van der Waals surface area contributed by atoms with Crippen molar-refractivity contribution >= 4 is 11.7 Å². The summed E-state index contributed by atoms with van der Waals surface area (Å²) in [6, 6.07) is 1.62. The van der Waals surface area contributed by atoms with Gasteiger partial charge in [-0.15, -0.1) is 0 Å². The number of H-pyrrole nitrogens is 2. The molecule has 3 heterocycles. The van der Waals surface area contributed by atoms with E-state index in [0.29, 0.717) is 16.4 Å². The van der Waals surface area contributed by atoms with Gasteiger partial charge in [0.05, 0.1) is 12.7 Å². The molecule has 3 rings (SSSR count). The number of halogens is 1. The van der Waals surface area contributed by atoms with Crippen LogP contribution >= 0.6 is 0 Å². The summed E-state index contributed by atoms with van der Waals surface area (Å²) >= 11 is 0. The van der Waals surface area contributed by atoms with Crippen LogP contribution in [0.5, 0.6) is 5.88 Å². The van der Waals surface area contributed by atoms with Crippen molar-refractivity contribution in [2.75, 3.05) is 13.2 Å². The monoisotopic (exact) mass is 290 g/mol. The van der Waals surface area contributed by atoms with Crippen LogP contribution in [0.4, 0.5) is 4.39 Å². The van der Waals surface area contributed by atoms with Crippen molar-refractivity contribution in [2.45, 2.75) is 0 Å². The molecule has 3 aromatic rings. The Kier molecular flexibility index (Phi) is 3.22. The predicted octanol–water partition coefficient (Wildman–Crippen LogP) is -1.13. The lowest BCUT2D eigenvalue weighted by atomic mass is 10.3. The first-order chi connectivity index (χ1) is 10.2. The topological polar surface area (TPSA) is 111 Å². The number of aromatic hydroxyl groups is 1. The van der Waals surface area contributed by atoms with Crippen LogP contribution in [0.15, 0.2) is 28.2 Å². The van der Waals surface area contributed by atoms with Gasteiger partial charge in [-0.2, -0.15) is 5.10 Å². The van der Waals surface area contributed by atoms with Gasteiger partial charge in [-0.1, -0.05) is 0 Å². The van der Waals surface area contributed by atoms with E-state index in [-0.39, 0.29) is 18.1 Å². The molecule has 0 saturated heterocycles. The average Bonchev–Trinajstić information content (AvgIpc) is 3.00. The summed E-state index contributed by atoms with van der Waals surface area (Å²) in [5.41, 5.74) is 0.586. The maximum atomic E-state index is 12.1. The molecule has 108 valence electrons. The molecule has 0 aromatic carbocycles. The third-order valence-corrected chi connectivity index (χ3v) is 2.78. The highest BCUT2D eigenvalue weighted by Crippen LogP contribution is 2.07. The molecule has 3 aromatic heterocycles. The zero-order valence-electron chi connectivity index (χ0n) is 10.7. The van der Waals surface area contributed by atoms with Crippen LogP contribution in [-0.4, -0.2) is 42.9 Å². The standard InChI is InChI=1S/C12H11FN6O2/c13-2-3-14-9-1-4-19-10(17-9)7(6-15-19)5-8-11(20)18-12(21)16-8/h1,4-6,20H,2-3H2,(H2,16,18,21)/b7-5+,14-9?. The molecule has 0 saturated carbocycles. The molecule has 3 N–H and O–H groups in total. The van der Waals surface area contributed by atoms with Crippen molar-refractivity contribution in [3.63, 3.8) is 0 Å². The molecule has 0 aliphatic rings. The predicted molar refractivity (Wildman–Crippen MR) is 71.3 cm³/mol. The van der Waals surface area contributed by atoms with Gasteiger partial charge in [-0.05, 0) is 6.08 Å². The number of fused-ring (bicyclic) bond motifs is 1. The highest BCUT2D eigenvalue weighted by atomic mass is 19.1. The molecule has 0 spiro atoms. The summed E-state index contributed by atoms with van der Waals surface area (Å²) < 4.78 is 13.7. The highest BCUT2D eigenvalue weighted by molar-refractivity contribution is 5.56. The number of nitrogens with one attached hydrogen (secondary N) is 2. The third-order valence-electron chi connectivity index (χ3n) is 2.78. The van der Waals surface area contributed by atoms with Crippen molar-refractivity contribution in [3.05, 3.63) is 45.3 Å². The Morgan fingerprint density at radius 3 is 3.05 bits per heavy atom. The van der Waals surface area contributed by atoms with Crippen LogP contribution < -0.4 is 16.4 Å². The second-order valence-electron chi connectivity index (χ2n) is 4.21. The van der Waals surface area contributed by atoms with E-state index < -0.39 is 12.4 Å². The van der Waals surface area contributed by atoms with Crippen molar-refractivity contribution in [1.29, 1.82) is 0 Å². The number of hydrogen-bond donors (Lipinski definition) is 3. The van der Waals surface area contributed by atoms with Crippen LogP contribution in [0.2, 0.25) is 0 Å². The minimum absolute atomic E-state index is 0.0439. The van der Waals surface area contributed by atoms with Gasteiger partial charge in [-0.25, -0.2) is 18.7 Å². The van der Waals surface area contributed by atoms with Gasteiger partial charge in [0.25, 0.3) is 0 Å². The lowest BCUT2D eigenvalue weighted by Gasteiger charge is -1.92. The quantitative estimate of drug-likeness (QED) is 0.566. The van der Waals surface area contributed by atoms with E-state index >= 15 is 0 Å². The minimum Gasteiger partial charge on any atom is -0.493 e. The Morgan fingerprint density at radius 1 is 1.48 bits per heavy atom. The Morgan fingerprint density at radius 2 is 2.33 bits per heavy atom. The number of imidazole rings is 1. The maximum Gasteiger partial charge on any atom is 0.326 e. The Hall–Kier alpha value is -2.97. The first-order valence-electron chi connectivity index (χ1n) is 6.11. The van der Waals surface area contributed by atoms with Crippen LogP contribution in [0.1, 0.15) is 5.69 Å². The summed E-state index contributed by atoms with van der Waals surface area (Å²) in [6.45, 7) is -0.508. The average molecular weight is 290 g/mol. The number of aromatic amines is 2. The summed E-state index contributed by atoms with van der Waals surface area (Å²) in [5.74, 6) is -0.266. The van der Waals surface area contributed by atoms with Gasteiger partial charge >= 0.3 is 5.69 Å². The largest absolute Gasteiger partial charge is 0.493 e. The Bertz CT molecular complexity index is 954. The van der Waals surface area contributed by atoms with E-state index in [4.69, 9.17) is 0 Å². The summed E-state index contributed by atoms with van der Waals surface area (Å²) in [7, 11) is 0. The molecular weight excluding hydrogens is 279 g/mol. The molecule has 0 unspecified atom stereocenters. The zero-order valence-corrected chi connectivity index (χ0v) is 10.7. The van der Waals surface area contributed by atoms with E-state index in [1.165, 1.54) is 16.8 Å². The lowest BCUT2D eigenvalue weighted by Crippen LogP contribution is -2.14. The van der Waals surface area contributed by atoms with Crippen molar-refractivity contribution in [1.82, 2.24) is 24.6 Å². The summed E-state index contributed by atoms with van der Waals surface area (Å²) in [4.78, 5) is 24.0.